The number of hydrogen-bond donors (Lipinski definition) is 2. The maximum absolute atomic E-state index is 8.57. The van der Waals surface area contributed by atoms with E-state index in [2.05, 4.69) is 19.2 Å². The summed E-state index contributed by atoms with van der Waals surface area (Å²) in [6, 6.07) is 0.580. The second-order valence-corrected chi connectivity index (χ2v) is 4.38. The van der Waals surface area contributed by atoms with E-state index in [1.54, 1.807) is 0 Å². The highest BCUT2D eigenvalue weighted by Crippen LogP contribution is 2.14. The molecule has 0 spiro atoms. The van der Waals surface area contributed by atoms with Gasteiger partial charge in [-0.1, -0.05) is 6.92 Å². The Balaban J connectivity index is 3.27. The Bertz CT molecular complexity index is 90.2. The minimum absolute atomic E-state index is 0.295. The van der Waals surface area contributed by atoms with Gasteiger partial charge in [-0.05, 0) is 20.4 Å². The highest BCUT2D eigenvalue weighted by Gasteiger charge is 2.05. The highest BCUT2D eigenvalue weighted by molar-refractivity contribution is 7.99. The van der Waals surface area contributed by atoms with Crippen molar-refractivity contribution in [1.82, 2.24) is 5.32 Å². The van der Waals surface area contributed by atoms with E-state index >= 15 is 0 Å². The molecular formula is C8H19NOS. The van der Waals surface area contributed by atoms with Gasteiger partial charge < -0.3 is 10.4 Å². The molecule has 0 saturated heterocycles. The van der Waals surface area contributed by atoms with E-state index in [1.807, 2.05) is 18.8 Å². The standard InChI is InChI=1S/C8H19NOS/c1-7(9-3)6-8(2)11-5-4-10/h7-10H,4-6H2,1-3H3. The molecule has 0 aliphatic carbocycles. The molecule has 68 valence electrons. The van der Waals surface area contributed by atoms with Crippen LogP contribution in [0.2, 0.25) is 0 Å². The van der Waals surface area contributed by atoms with Crippen molar-refractivity contribution in [3.8, 4) is 0 Å². The van der Waals surface area contributed by atoms with Crippen LogP contribution in [0, 0.1) is 0 Å². The number of hydrogen-bond acceptors (Lipinski definition) is 3. The van der Waals surface area contributed by atoms with Crippen molar-refractivity contribution in [2.24, 2.45) is 0 Å². The first-order valence-electron chi connectivity index (χ1n) is 4.10. The minimum atomic E-state index is 0.295. The molecule has 0 fully saturated rings. The quantitative estimate of drug-likeness (QED) is 0.637. The third kappa shape index (κ3) is 6.66. The number of aliphatic hydroxyl groups excluding tert-OH is 1. The lowest BCUT2D eigenvalue weighted by Gasteiger charge is -2.15. The zero-order valence-corrected chi connectivity index (χ0v) is 8.45. The van der Waals surface area contributed by atoms with Crippen molar-refractivity contribution in [3.05, 3.63) is 0 Å². The van der Waals surface area contributed by atoms with E-state index in [4.69, 9.17) is 5.11 Å². The van der Waals surface area contributed by atoms with Gasteiger partial charge in [-0.25, -0.2) is 0 Å². The molecule has 11 heavy (non-hydrogen) atoms. The predicted molar refractivity (Wildman–Crippen MR) is 52.1 cm³/mol. The van der Waals surface area contributed by atoms with Crippen LogP contribution in [0.3, 0.4) is 0 Å². The minimum Gasteiger partial charge on any atom is -0.396 e. The van der Waals surface area contributed by atoms with Gasteiger partial charge in [0.15, 0.2) is 0 Å². The number of aliphatic hydroxyl groups is 1. The van der Waals surface area contributed by atoms with Crippen molar-refractivity contribution < 1.29 is 5.11 Å². The lowest BCUT2D eigenvalue weighted by atomic mass is 10.2. The van der Waals surface area contributed by atoms with Crippen LogP contribution >= 0.6 is 11.8 Å². The van der Waals surface area contributed by atoms with Crippen LogP contribution in [0.5, 0.6) is 0 Å². The van der Waals surface area contributed by atoms with Crippen LogP contribution in [0.1, 0.15) is 20.3 Å². The van der Waals surface area contributed by atoms with Crippen LogP contribution in [0.15, 0.2) is 0 Å². The van der Waals surface area contributed by atoms with Gasteiger partial charge in [0.2, 0.25) is 0 Å². The summed E-state index contributed by atoms with van der Waals surface area (Å²) < 4.78 is 0. The van der Waals surface area contributed by atoms with Crippen molar-refractivity contribution in [2.45, 2.75) is 31.6 Å². The average Bonchev–Trinajstić information content (AvgIpc) is 2.00. The first-order chi connectivity index (χ1) is 5.20. The number of rotatable bonds is 6. The molecule has 0 bridgehead atoms. The van der Waals surface area contributed by atoms with E-state index < -0.39 is 0 Å². The van der Waals surface area contributed by atoms with Gasteiger partial charge >= 0.3 is 0 Å². The zero-order chi connectivity index (χ0) is 8.69. The molecule has 2 atom stereocenters. The second-order valence-electron chi connectivity index (χ2n) is 2.83. The zero-order valence-electron chi connectivity index (χ0n) is 7.63. The largest absolute Gasteiger partial charge is 0.396 e. The summed E-state index contributed by atoms with van der Waals surface area (Å²) in [4.78, 5) is 0. The fourth-order valence-electron chi connectivity index (χ4n) is 0.938. The molecule has 3 heteroatoms. The van der Waals surface area contributed by atoms with Crippen molar-refractivity contribution in [3.63, 3.8) is 0 Å². The van der Waals surface area contributed by atoms with Gasteiger partial charge in [-0.15, -0.1) is 0 Å². The van der Waals surface area contributed by atoms with E-state index in [0.717, 1.165) is 5.75 Å². The Kier molecular flexibility index (Phi) is 7.12. The van der Waals surface area contributed by atoms with Crippen LogP contribution in [-0.4, -0.2) is 35.8 Å². The summed E-state index contributed by atoms with van der Waals surface area (Å²) in [7, 11) is 1.98. The van der Waals surface area contributed by atoms with Crippen LogP contribution in [0.25, 0.3) is 0 Å². The Labute approximate surface area is 73.8 Å². The lowest BCUT2D eigenvalue weighted by molar-refractivity contribution is 0.322. The summed E-state index contributed by atoms with van der Waals surface area (Å²) in [6.07, 6.45) is 1.17. The molecule has 0 aromatic carbocycles. The van der Waals surface area contributed by atoms with E-state index in [-0.39, 0.29) is 0 Å². The van der Waals surface area contributed by atoms with Gasteiger partial charge in [0.1, 0.15) is 0 Å². The van der Waals surface area contributed by atoms with Gasteiger partial charge in [-0.3, -0.25) is 0 Å². The summed E-state index contributed by atoms with van der Waals surface area (Å²) in [5.41, 5.74) is 0. The molecule has 0 amide bonds. The van der Waals surface area contributed by atoms with E-state index in [1.165, 1.54) is 6.42 Å². The summed E-state index contributed by atoms with van der Waals surface area (Å²) in [5.74, 6) is 0.859. The van der Waals surface area contributed by atoms with Gasteiger partial charge in [0.25, 0.3) is 0 Å². The molecule has 2 nitrogen and oxygen atoms in total. The van der Waals surface area contributed by atoms with Crippen molar-refractivity contribution in [2.75, 3.05) is 19.4 Å². The van der Waals surface area contributed by atoms with Crippen LogP contribution in [0.4, 0.5) is 0 Å². The first kappa shape index (κ1) is 11.3. The molecular weight excluding hydrogens is 158 g/mol. The Hall–Kier alpha value is 0.270. The topological polar surface area (TPSA) is 32.3 Å². The fraction of sp³-hybridized carbons (Fsp3) is 1.00. The van der Waals surface area contributed by atoms with Crippen LogP contribution < -0.4 is 5.32 Å². The maximum Gasteiger partial charge on any atom is 0.0521 e. The second kappa shape index (κ2) is 6.95. The molecule has 0 aromatic heterocycles. The fourth-order valence-corrected chi connectivity index (χ4v) is 1.87. The van der Waals surface area contributed by atoms with E-state index in [9.17, 15) is 0 Å². The predicted octanol–water partition coefficient (Wildman–Crippen LogP) is 1.10. The molecule has 2 unspecified atom stereocenters. The Morgan fingerprint density at radius 2 is 2.09 bits per heavy atom. The molecule has 0 aromatic rings. The SMILES string of the molecule is CNC(C)CC(C)SCCO. The molecule has 0 rings (SSSR count). The van der Waals surface area contributed by atoms with Gasteiger partial charge in [-0.2, -0.15) is 11.8 Å². The Morgan fingerprint density at radius 1 is 1.45 bits per heavy atom. The molecule has 2 N–H and O–H groups in total. The highest BCUT2D eigenvalue weighted by atomic mass is 32.2. The number of thioether (sulfide) groups is 1. The van der Waals surface area contributed by atoms with Crippen molar-refractivity contribution in [1.29, 1.82) is 0 Å². The smallest absolute Gasteiger partial charge is 0.0521 e. The van der Waals surface area contributed by atoms with Gasteiger partial charge in [0, 0.05) is 17.0 Å². The summed E-state index contributed by atoms with van der Waals surface area (Å²) in [5, 5.41) is 12.4. The third-order valence-corrected chi connectivity index (χ3v) is 2.85. The molecule has 0 saturated carbocycles. The van der Waals surface area contributed by atoms with Gasteiger partial charge in [0.05, 0.1) is 6.61 Å². The number of nitrogens with one attached hydrogen (secondary N) is 1. The van der Waals surface area contributed by atoms with Crippen LogP contribution in [-0.2, 0) is 0 Å². The lowest BCUT2D eigenvalue weighted by Crippen LogP contribution is -2.24. The van der Waals surface area contributed by atoms with Crippen molar-refractivity contribution >= 4 is 11.8 Å². The monoisotopic (exact) mass is 177 g/mol. The molecule has 0 heterocycles. The molecule has 0 radical (unpaired) electrons. The first-order valence-corrected chi connectivity index (χ1v) is 5.15. The summed E-state index contributed by atoms with van der Waals surface area (Å²) in [6.45, 7) is 4.67. The van der Waals surface area contributed by atoms with E-state index in [0.29, 0.717) is 17.9 Å². The molecule has 0 aliphatic rings. The normalized spacial score (nSPS) is 16.4. The maximum atomic E-state index is 8.57. The average molecular weight is 177 g/mol. The Morgan fingerprint density at radius 3 is 2.55 bits per heavy atom. The third-order valence-electron chi connectivity index (χ3n) is 1.67. The molecule has 0 aliphatic heterocycles. The summed E-state index contributed by atoms with van der Waals surface area (Å²) >= 11 is 1.83.